The monoisotopic (exact) mass is 450 g/mol. The van der Waals surface area contributed by atoms with Crippen molar-refractivity contribution in [3.63, 3.8) is 0 Å². The van der Waals surface area contributed by atoms with Crippen LogP contribution in [0.3, 0.4) is 0 Å². The fourth-order valence-electron chi connectivity index (χ4n) is 3.40. The zero-order valence-corrected chi connectivity index (χ0v) is 17.8. The highest BCUT2D eigenvalue weighted by Crippen LogP contribution is 2.21. The van der Waals surface area contributed by atoms with Crippen molar-refractivity contribution in [3.05, 3.63) is 47.8 Å². The third-order valence-electron chi connectivity index (χ3n) is 5.13. The highest BCUT2D eigenvalue weighted by molar-refractivity contribution is 7.89. The number of halogens is 1. The molecule has 9 nitrogen and oxygen atoms in total. The number of benzene rings is 1. The van der Waals surface area contributed by atoms with Gasteiger partial charge in [-0.05, 0) is 30.2 Å². The minimum atomic E-state index is -4.10. The zero-order chi connectivity index (χ0) is 22.8. The lowest BCUT2D eigenvalue weighted by molar-refractivity contribution is -0.141. The van der Waals surface area contributed by atoms with Gasteiger partial charge in [-0.2, -0.15) is 0 Å². The number of amides is 1. The number of aromatic amines is 1. The van der Waals surface area contributed by atoms with Crippen LogP contribution in [0, 0.1) is 17.7 Å². The fraction of sp³-hybridized carbons (Fsp3) is 0.400. The van der Waals surface area contributed by atoms with E-state index in [0.717, 1.165) is 24.3 Å². The van der Waals surface area contributed by atoms with E-state index in [4.69, 9.17) is 0 Å². The molecule has 0 fully saturated rings. The normalized spacial score (nSPS) is 18.1. The second-order valence-electron chi connectivity index (χ2n) is 7.74. The van der Waals surface area contributed by atoms with Crippen LogP contribution in [-0.4, -0.2) is 41.9 Å². The van der Waals surface area contributed by atoms with Gasteiger partial charge >= 0.3 is 0 Å². The first-order valence-electron chi connectivity index (χ1n) is 9.72. The number of aromatic nitrogens is 2. The van der Waals surface area contributed by atoms with Crippen LogP contribution < -0.4 is 10.0 Å². The van der Waals surface area contributed by atoms with Gasteiger partial charge in [-0.1, -0.05) is 13.8 Å². The van der Waals surface area contributed by atoms with Gasteiger partial charge in [0.25, 0.3) is 5.91 Å². The van der Waals surface area contributed by atoms with Crippen LogP contribution in [0.25, 0.3) is 0 Å². The lowest BCUT2D eigenvalue weighted by Gasteiger charge is -2.24. The van der Waals surface area contributed by atoms with Gasteiger partial charge in [0.2, 0.25) is 15.8 Å². The Balaban J connectivity index is 1.80. The van der Waals surface area contributed by atoms with Crippen molar-refractivity contribution in [1.82, 2.24) is 20.0 Å². The maximum atomic E-state index is 13.1. The van der Waals surface area contributed by atoms with E-state index in [2.05, 4.69) is 20.0 Å². The lowest BCUT2D eigenvalue weighted by atomic mass is 9.87. The SMILES string of the molecule is CC(C)C(NS(=O)(=O)c1ccc(F)cc1)C(=O)CC1Cc2nc[nH]c2CNC(=O)C1=O. The number of carbonyl (C=O) groups is 3. The molecule has 0 saturated carbocycles. The van der Waals surface area contributed by atoms with E-state index in [9.17, 15) is 27.2 Å². The lowest BCUT2D eigenvalue weighted by Crippen LogP contribution is -2.46. The molecule has 3 N–H and O–H groups in total. The van der Waals surface area contributed by atoms with Crippen molar-refractivity contribution in [2.75, 3.05) is 0 Å². The largest absolute Gasteiger partial charge is 0.347 e. The molecule has 0 saturated heterocycles. The molecule has 2 heterocycles. The topological polar surface area (TPSA) is 138 Å². The molecule has 0 spiro atoms. The van der Waals surface area contributed by atoms with Crippen molar-refractivity contribution >= 4 is 27.5 Å². The Morgan fingerprint density at radius 2 is 1.94 bits per heavy atom. The van der Waals surface area contributed by atoms with E-state index < -0.39 is 51.2 Å². The van der Waals surface area contributed by atoms with Crippen molar-refractivity contribution in [3.8, 4) is 0 Å². The number of H-pyrrole nitrogens is 1. The summed E-state index contributed by atoms with van der Waals surface area (Å²) < 4.78 is 40.8. The minimum Gasteiger partial charge on any atom is -0.347 e. The molecular formula is C20H23FN4O5S. The number of nitrogens with zero attached hydrogens (tertiary/aromatic N) is 1. The standard InChI is InChI=1S/C20H23FN4O5S/c1-11(2)18(25-31(29,30)14-5-3-13(21)4-6-14)17(26)8-12-7-15-16(24-10-23-15)9-22-20(28)19(12)27/h3-6,10-12,18,25H,7-9H2,1-2H3,(H,22,28)(H,23,24). The quantitative estimate of drug-likeness (QED) is 0.535. The van der Waals surface area contributed by atoms with Gasteiger partial charge in [-0.3, -0.25) is 14.4 Å². The summed E-state index contributed by atoms with van der Waals surface area (Å²) in [5.41, 5.74) is 1.22. The number of Topliss-reactive ketones (excluding diaryl/α,β-unsaturated/α-hetero) is 2. The number of fused-ring (bicyclic) bond motifs is 1. The number of sulfonamides is 1. The number of rotatable bonds is 7. The molecule has 1 aromatic carbocycles. The van der Waals surface area contributed by atoms with E-state index in [0.29, 0.717) is 11.4 Å². The van der Waals surface area contributed by atoms with Crippen LogP contribution >= 0.6 is 0 Å². The number of hydrogen-bond donors (Lipinski definition) is 3. The summed E-state index contributed by atoms with van der Waals surface area (Å²) in [6, 6.07) is 3.08. The third kappa shape index (κ3) is 5.23. The van der Waals surface area contributed by atoms with Crippen molar-refractivity contribution < 1.29 is 27.2 Å². The van der Waals surface area contributed by atoms with E-state index >= 15 is 0 Å². The molecule has 166 valence electrons. The highest BCUT2D eigenvalue weighted by atomic mass is 32.2. The molecule has 0 aliphatic carbocycles. The number of carbonyl (C=O) groups excluding carboxylic acids is 3. The zero-order valence-electron chi connectivity index (χ0n) is 17.0. The molecule has 0 bridgehead atoms. The Labute approximate surface area is 178 Å². The van der Waals surface area contributed by atoms with E-state index in [-0.39, 0.29) is 24.3 Å². The molecule has 1 aliphatic heterocycles. The minimum absolute atomic E-state index is 0.0896. The van der Waals surface area contributed by atoms with Gasteiger partial charge in [0.1, 0.15) is 5.82 Å². The number of imidazole rings is 1. The fourth-order valence-corrected chi connectivity index (χ4v) is 4.77. The maximum Gasteiger partial charge on any atom is 0.288 e. The van der Waals surface area contributed by atoms with Crippen molar-refractivity contribution in [2.45, 2.75) is 44.2 Å². The Hall–Kier alpha value is -2.92. The molecule has 0 radical (unpaired) electrons. The van der Waals surface area contributed by atoms with Gasteiger partial charge in [0.15, 0.2) is 5.78 Å². The highest BCUT2D eigenvalue weighted by Gasteiger charge is 2.35. The number of ketones is 2. The van der Waals surface area contributed by atoms with Crippen LogP contribution in [0.5, 0.6) is 0 Å². The Morgan fingerprint density at radius 1 is 1.26 bits per heavy atom. The van der Waals surface area contributed by atoms with Gasteiger partial charge in [0, 0.05) is 18.8 Å². The summed E-state index contributed by atoms with van der Waals surface area (Å²) in [5.74, 6) is -4.05. The molecule has 1 aromatic heterocycles. The molecular weight excluding hydrogens is 427 g/mol. The molecule has 3 rings (SSSR count). The molecule has 2 atom stereocenters. The summed E-state index contributed by atoms with van der Waals surface area (Å²) in [6.45, 7) is 3.45. The van der Waals surface area contributed by atoms with Crippen LogP contribution in [0.1, 0.15) is 31.7 Å². The Bertz CT molecular complexity index is 1100. The Morgan fingerprint density at radius 3 is 2.58 bits per heavy atom. The van der Waals surface area contributed by atoms with Gasteiger partial charge in [-0.15, -0.1) is 0 Å². The van der Waals surface area contributed by atoms with Crippen LogP contribution in [0.2, 0.25) is 0 Å². The van der Waals surface area contributed by atoms with Crippen molar-refractivity contribution in [2.24, 2.45) is 11.8 Å². The molecule has 1 aliphatic rings. The Kier molecular flexibility index (Phi) is 6.65. The average molecular weight is 450 g/mol. The van der Waals surface area contributed by atoms with Gasteiger partial charge in [0.05, 0.1) is 35.2 Å². The second-order valence-corrected chi connectivity index (χ2v) is 9.46. The summed E-state index contributed by atoms with van der Waals surface area (Å²) in [7, 11) is -4.10. The van der Waals surface area contributed by atoms with Gasteiger partial charge in [-0.25, -0.2) is 22.5 Å². The summed E-state index contributed by atoms with van der Waals surface area (Å²) in [6.07, 6.45) is 1.21. The second kappa shape index (κ2) is 9.06. The summed E-state index contributed by atoms with van der Waals surface area (Å²) in [5, 5.41) is 2.48. The van der Waals surface area contributed by atoms with Gasteiger partial charge < -0.3 is 10.3 Å². The average Bonchev–Trinajstić information content (AvgIpc) is 3.15. The first-order valence-corrected chi connectivity index (χ1v) is 11.2. The van der Waals surface area contributed by atoms with Crippen LogP contribution in [0.15, 0.2) is 35.5 Å². The predicted octanol–water partition coefficient (Wildman–Crippen LogP) is 0.869. The predicted molar refractivity (Wildman–Crippen MR) is 108 cm³/mol. The molecule has 1 amide bonds. The first-order chi connectivity index (χ1) is 14.6. The van der Waals surface area contributed by atoms with E-state index in [1.54, 1.807) is 13.8 Å². The molecule has 11 heteroatoms. The van der Waals surface area contributed by atoms with E-state index in [1.807, 2.05) is 0 Å². The summed E-state index contributed by atoms with van der Waals surface area (Å²) in [4.78, 5) is 44.5. The number of hydrogen-bond acceptors (Lipinski definition) is 6. The summed E-state index contributed by atoms with van der Waals surface area (Å²) >= 11 is 0. The smallest absolute Gasteiger partial charge is 0.288 e. The maximum absolute atomic E-state index is 13.1. The number of nitrogens with one attached hydrogen (secondary N) is 3. The molecule has 31 heavy (non-hydrogen) atoms. The van der Waals surface area contributed by atoms with Crippen LogP contribution in [0.4, 0.5) is 4.39 Å². The first kappa shape index (κ1) is 22.8. The molecule has 2 aromatic rings. The van der Waals surface area contributed by atoms with E-state index in [1.165, 1.54) is 6.33 Å². The third-order valence-corrected chi connectivity index (χ3v) is 6.59. The van der Waals surface area contributed by atoms with Crippen LogP contribution in [-0.2, 0) is 37.4 Å². The molecule has 2 unspecified atom stereocenters. The van der Waals surface area contributed by atoms with Crippen molar-refractivity contribution in [1.29, 1.82) is 0 Å².